The largest absolute Gasteiger partial charge is 0.459 e. The fourth-order valence-electron chi connectivity index (χ4n) is 1.36. The van der Waals surface area contributed by atoms with Gasteiger partial charge >= 0.3 is 5.97 Å². The summed E-state index contributed by atoms with van der Waals surface area (Å²) in [7, 11) is 0. The van der Waals surface area contributed by atoms with Gasteiger partial charge in [0, 0.05) is 0 Å². The van der Waals surface area contributed by atoms with Crippen molar-refractivity contribution in [1.29, 1.82) is 0 Å². The molecule has 0 aromatic heterocycles. The lowest BCUT2D eigenvalue weighted by Gasteiger charge is -2.39. The maximum Gasteiger partial charge on any atom is 0.327 e. The van der Waals surface area contributed by atoms with Crippen LogP contribution in [0, 0.1) is 0 Å². The Bertz CT molecular complexity index is 242. The molecule has 0 aromatic carbocycles. The molecule has 0 amide bonds. The Morgan fingerprint density at radius 2 is 2.00 bits per heavy atom. The standard InChI is InChI=1S/C10H17NO2/c1-7-5-10(11,6-7)8(12)13-9(2,3)4/h1,5-6,11H2,2-4H3. The molecule has 13 heavy (non-hydrogen) atoms. The molecule has 3 nitrogen and oxygen atoms in total. The van der Waals surface area contributed by atoms with Crippen LogP contribution in [0.1, 0.15) is 33.6 Å². The fraction of sp³-hybridized carbons (Fsp3) is 0.700. The van der Waals surface area contributed by atoms with E-state index in [1.165, 1.54) is 0 Å². The second-order valence-corrected chi connectivity index (χ2v) is 4.76. The van der Waals surface area contributed by atoms with E-state index < -0.39 is 11.1 Å². The predicted molar refractivity (Wildman–Crippen MR) is 51.1 cm³/mol. The summed E-state index contributed by atoms with van der Waals surface area (Å²) in [6.45, 7) is 9.25. The zero-order chi connectivity index (χ0) is 10.3. The smallest absolute Gasteiger partial charge is 0.327 e. The van der Waals surface area contributed by atoms with Gasteiger partial charge in [0.15, 0.2) is 0 Å². The van der Waals surface area contributed by atoms with Gasteiger partial charge in [0.05, 0.1) is 0 Å². The predicted octanol–water partition coefficient (Wildman–Crippen LogP) is 1.38. The van der Waals surface area contributed by atoms with E-state index in [-0.39, 0.29) is 5.97 Å². The lowest BCUT2D eigenvalue weighted by atomic mass is 9.74. The van der Waals surface area contributed by atoms with Gasteiger partial charge in [-0.05, 0) is 33.6 Å². The number of rotatable bonds is 1. The third-order valence-corrected chi connectivity index (χ3v) is 1.94. The minimum Gasteiger partial charge on any atom is -0.459 e. The SMILES string of the molecule is C=C1CC(N)(C(=O)OC(C)(C)C)C1. The molecule has 0 radical (unpaired) electrons. The number of esters is 1. The van der Waals surface area contributed by atoms with Gasteiger partial charge in [-0.15, -0.1) is 0 Å². The number of ether oxygens (including phenoxy) is 1. The summed E-state index contributed by atoms with van der Waals surface area (Å²) < 4.78 is 5.19. The maximum atomic E-state index is 11.5. The number of carbonyl (C=O) groups excluding carboxylic acids is 1. The Balaban J connectivity index is 2.54. The molecule has 74 valence electrons. The summed E-state index contributed by atoms with van der Waals surface area (Å²) in [5.74, 6) is -0.313. The van der Waals surface area contributed by atoms with Gasteiger partial charge in [-0.2, -0.15) is 0 Å². The van der Waals surface area contributed by atoms with Gasteiger partial charge in [-0.1, -0.05) is 12.2 Å². The second kappa shape index (κ2) is 2.84. The van der Waals surface area contributed by atoms with E-state index in [0.717, 1.165) is 5.57 Å². The fourth-order valence-corrected chi connectivity index (χ4v) is 1.36. The molecular weight excluding hydrogens is 166 g/mol. The lowest BCUT2D eigenvalue weighted by molar-refractivity contribution is -0.163. The van der Waals surface area contributed by atoms with Crippen LogP contribution in [0.15, 0.2) is 12.2 Å². The van der Waals surface area contributed by atoms with E-state index in [2.05, 4.69) is 6.58 Å². The Hall–Kier alpha value is -0.830. The third-order valence-electron chi connectivity index (χ3n) is 1.94. The maximum absolute atomic E-state index is 11.5. The lowest BCUT2D eigenvalue weighted by Crippen LogP contribution is -2.56. The van der Waals surface area contributed by atoms with Crippen LogP contribution in [0.5, 0.6) is 0 Å². The summed E-state index contributed by atoms with van der Waals surface area (Å²) in [6, 6.07) is 0. The Morgan fingerprint density at radius 1 is 1.54 bits per heavy atom. The van der Waals surface area contributed by atoms with Gasteiger partial charge in [-0.25, -0.2) is 0 Å². The van der Waals surface area contributed by atoms with Crippen molar-refractivity contribution in [1.82, 2.24) is 0 Å². The van der Waals surface area contributed by atoms with Crippen molar-refractivity contribution in [2.24, 2.45) is 5.73 Å². The van der Waals surface area contributed by atoms with E-state index in [9.17, 15) is 4.79 Å². The highest BCUT2D eigenvalue weighted by molar-refractivity contribution is 5.83. The molecule has 0 aromatic rings. The van der Waals surface area contributed by atoms with E-state index in [1.54, 1.807) is 0 Å². The van der Waals surface area contributed by atoms with Crippen LogP contribution >= 0.6 is 0 Å². The van der Waals surface area contributed by atoms with Crippen LogP contribution in [-0.4, -0.2) is 17.1 Å². The van der Waals surface area contributed by atoms with E-state index in [1.807, 2.05) is 20.8 Å². The molecule has 2 N–H and O–H groups in total. The molecule has 1 aliphatic rings. The number of hydrogen-bond acceptors (Lipinski definition) is 3. The molecule has 0 aliphatic heterocycles. The molecule has 1 fully saturated rings. The van der Waals surface area contributed by atoms with Crippen LogP contribution in [0.2, 0.25) is 0 Å². The summed E-state index contributed by atoms with van der Waals surface area (Å²) in [5, 5.41) is 0. The van der Waals surface area contributed by atoms with Crippen molar-refractivity contribution < 1.29 is 9.53 Å². The average molecular weight is 183 g/mol. The topological polar surface area (TPSA) is 52.3 Å². The molecular formula is C10H17NO2. The minimum atomic E-state index is -0.801. The summed E-state index contributed by atoms with van der Waals surface area (Å²) in [4.78, 5) is 11.5. The zero-order valence-electron chi connectivity index (χ0n) is 8.52. The number of nitrogens with two attached hydrogens (primary N) is 1. The molecule has 0 spiro atoms. The molecule has 0 heterocycles. The van der Waals surface area contributed by atoms with Crippen LogP contribution in [-0.2, 0) is 9.53 Å². The Morgan fingerprint density at radius 3 is 2.31 bits per heavy atom. The van der Waals surface area contributed by atoms with Crippen molar-refractivity contribution in [2.75, 3.05) is 0 Å². The first kappa shape index (κ1) is 10.3. The monoisotopic (exact) mass is 183 g/mol. The van der Waals surface area contributed by atoms with E-state index in [0.29, 0.717) is 12.8 Å². The first-order chi connectivity index (χ1) is 5.73. The van der Waals surface area contributed by atoms with Crippen LogP contribution < -0.4 is 5.73 Å². The van der Waals surface area contributed by atoms with Gasteiger partial charge in [0.25, 0.3) is 0 Å². The number of hydrogen-bond donors (Lipinski definition) is 1. The normalized spacial score (nSPS) is 20.8. The summed E-state index contributed by atoms with van der Waals surface area (Å²) in [6.07, 6.45) is 1.11. The second-order valence-electron chi connectivity index (χ2n) is 4.76. The van der Waals surface area contributed by atoms with Gasteiger partial charge < -0.3 is 10.5 Å². The van der Waals surface area contributed by atoms with Crippen molar-refractivity contribution in [3.63, 3.8) is 0 Å². The molecule has 1 saturated carbocycles. The molecule has 0 saturated heterocycles. The van der Waals surface area contributed by atoms with E-state index >= 15 is 0 Å². The highest BCUT2D eigenvalue weighted by Crippen LogP contribution is 2.35. The van der Waals surface area contributed by atoms with Crippen LogP contribution in [0.25, 0.3) is 0 Å². The zero-order valence-corrected chi connectivity index (χ0v) is 8.52. The van der Waals surface area contributed by atoms with Gasteiger partial charge in [-0.3, -0.25) is 4.79 Å². The van der Waals surface area contributed by atoms with Gasteiger partial charge in [0.1, 0.15) is 11.1 Å². The highest BCUT2D eigenvalue weighted by Gasteiger charge is 2.45. The Labute approximate surface area is 78.9 Å². The first-order valence-electron chi connectivity index (χ1n) is 4.42. The first-order valence-corrected chi connectivity index (χ1v) is 4.42. The van der Waals surface area contributed by atoms with Crippen LogP contribution in [0.4, 0.5) is 0 Å². The number of carbonyl (C=O) groups is 1. The minimum absolute atomic E-state index is 0.313. The third kappa shape index (κ3) is 2.31. The van der Waals surface area contributed by atoms with Crippen molar-refractivity contribution in [3.05, 3.63) is 12.2 Å². The summed E-state index contributed by atoms with van der Waals surface area (Å²) in [5.41, 5.74) is 5.57. The molecule has 1 rings (SSSR count). The quantitative estimate of drug-likeness (QED) is 0.493. The van der Waals surface area contributed by atoms with E-state index in [4.69, 9.17) is 10.5 Å². The van der Waals surface area contributed by atoms with Gasteiger partial charge in [0.2, 0.25) is 0 Å². The molecule has 1 aliphatic carbocycles. The Kier molecular flexibility index (Phi) is 2.24. The average Bonchev–Trinajstić information content (AvgIpc) is 1.80. The van der Waals surface area contributed by atoms with Crippen molar-refractivity contribution >= 4 is 5.97 Å². The summed E-state index contributed by atoms with van der Waals surface area (Å²) >= 11 is 0. The van der Waals surface area contributed by atoms with Crippen molar-refractivity contribution in [2.45, 2.75) is 44.8 Å². The van der Waals surface area contributed by atoms with Crippen molar-refractivity contribution in [3.8, 4) is 0 Å². The molecule has 0 bridgehead atoms. The molecule has 0 unspecified atom stereocenters. The molecule has 3 heteroatoms. The molecule has 0 atom stereocenters. The van der Waals surface area contributed by atoms with Crippen LogP contribution in [0.3, 0.4) is 0 Å². The highest BCUT2D eigenvalue weighted by atomic mass is 16.6.